The lowest BCUT2D eigenvalue weighted by Crippen LogP contribution is -2.12. The first kappa shape index (κ1) is 24.1. The Hall–Kier alpha value is -4.06. The molecule has 1 aromatic heterocycles. The molecule has 0 aliphatic carbocycles. The lowest BCUT2D eigenvalue weighted by Gasteiger charge is -2.13. The van der Waals surface area contributed by atoms with Crippen LogP contribution in [0, 0.1) is 13.8 Å². The number of ether oxygens (including phenoxy) is 2. The van der Waals surface area contributed by atoms with Crippen LogP contribution in [-0.2, 0) is 17.6 Å². The van der Waals surface area contributed by atoms with Crippen molar-refractivity contribution in [2.75, 3.05) is 12.4 Å². The van der Waals surface area contributed by atoms with Gasteiger partial charge in [-0.2, -0.15) is 5.10 Å². The first-order chi connectivity index (χ1) is 17.0. The van der Waals surface area contributed by atoms with E-state index in [1.54, 1.807) is 7.11 Å². The predicted octanol–water partition coefficient (Wildman–Crippen LogP) is 6.42. The maximum Gasteiger partial charge on any atom is 0.226 e. The number of carbonyl (C=O) groups excluding carboxylic acids is 1. The average Bonchev–Trinajstić information content (AvgIpc) is 3.22. The minimum absolute atomic E-state index is 0.0463. The Morgan fingerprint density at radius 2 is 1.69 bits per heavy atom. The van der Waals surface area contributed by atoms with Crippen LogP contribution in [0.1, 0.15) is 35.7 Å². The van der Waals surface area contributed by atoms with Gasteiger partial charge in [0.1, 0.15) is 11.5 Å². The van der Waals surface area contributed by atoms with Gasteiger partial charge in [0.15, 0.2) is 0 Å². The molecule has 0 radical (unpaired) electrons. The van der Waals surface area contributed by atoms with Crippen LogP contribution in [0.25, 0.3) is 5.69 Å². The minimum atomic E-state index is -0.0463. The molecule has 0 saturated heterocycles. The molecule has 0 unspecified atom stereocenters. The number of aromatic nitrogens is 2. The fourth-order valence-electron chi connectivity index (χ4n) is 3.89. The van der Waals surface area contributed by atoms with Crippen molar-refractivity contribution in [3.63, 3.8) is 0 Å². The monoisotopic (exact) mass is 469 g/mol. The molecule has 3 aromatic carbocycles. The Kier molecular flexibility index (Phi) is 7.51. The van der Waals surface area contributed by atoms with E-state index in [1.807, 2.05) is 91.3 Å². The molecule has 0 saturated carbocycles. The normalized spacial score (nSPS) is 10.7. The van der Waals surface area contributed by atoms with E-state index in [9.17, 15) is 4.79 Å². The van der Waals surface area contributed by atoms with Crippen molar-refractivity contribution in [3.05, 3.63) is 95.2 Å². The number of nitrogens with one attached hydrogen (secondary N) is 1. The van der Waals surface area contributed by atoms with Crippen LogP contribution in [-0.4, -0.2) is 22.8 Å². The summed E-state index contributed by atoms with van der Waals surface area (Å²) in [5.41, 5.74) is 5.68. The van der Waals surface area contributed by atoms with Gasteiger partial charge in [-0.25, -0.2) is 4.68 Å². The topological polar surface area (TPSA) is 65.4 Å². The summed E-state index contributed by atoms with van der Waals surface area (Å²) in [4.78, 5) is 12.7. The van der Waals surface area contributed by atoms with Crippen molar-refractivity contribution >= 4 is 11.6 Å². The van der Waals surface area contributed by atoms with Gasteiger partial charge in [0.2, 0.25) is 11.8 Å². The number of aryl methyl sites for hydroxylation is 3. The number of hydrogen-bond donors (Lipinski definition) is 1. The minimum Gasteiger partial charge on any atom is -0.497 e. The second-order valence-corrected chi connectivity index (χ2v) is 8.48. The molecule has 35 heavy (non-hydrogen) atoms. The van der Waals surface area contributed by atoms with E-state index < -0.39 is 0 Å². The summed E-state index contributed by atoms with van der Waals surface area (Å²) >= 11 is 0. The van der Waals surface area contributed by atoms with Crippen LogP contribution in [0.2, 0.25) is 0 Å². The van der Waals surface area contributed by atoms with E-state index in [2.05, 4.69) is 12.2 Å². The zero-order valence-corrected chi connectivity index (χ0v) is 20.7. The first-order valence-electron chi connectivity index (χ1n) is 11.8. The smallest absolute Gasteiger partial charge is 0.226 e. The van der Waals surface area contributed by atoms with Crippen molar-refractivity contribution in [2.24, 2.45) is 0 Å². The maximum absolute atomic E-state index is 12.7. The number of carbonyl (C=O) groups is 1. The number of benzene rings is 3. The zero-order chi connectivity index (χ0) is 24.8. The fraction of sp³-hybridized carbons (Fsp3) is 0.241. The average molecular weight is 470 g/mol. The van der Waals surface area contributed by atoms with Crippen LogP contribution in [0.5, 0.6) is 17.4 Å². The summed E-state index contributed by atoms with van der Waals surface area (Å²) in [7, 11) is 1.64. The molecule has 1 N–H and O–H groups in total. The van der Waals surface area contributed by atoms with Crippen molar-refractivity contribution in [1.82, 2.24) is 9.78 Å². The molecular weight excluding hydrogens is 438 g/mol. The van der Waals surface area contributed by atoms with Gasteiger partial charge < -0.3 is 14.8 Å². The summed E-state index contributed by atoms with van der Waals surface area (Å²) in [5, 5.41) is 7.86. The summed E-state index contributed by atoms with van der Waals surface area (Å²) in [6.45, 7) is 6.10. The Bertz CT molecular complexity index is 1290. The number of nitrogens with zero attached hydrogens (tertiary/aromatic N) is 2. The predicted molar refractivity (Wildman–Crippen MR) is 139 cm³/mol. The highest BCUT2D eigenvalue weighted by Crippen LogP contribution is 2.34. The highest BCUT2D eigenvalue weighted by molar-refractivity contribution is 5.90. The molecular formula is C29H31N3O3. The van der Waals surface area contributed by atoms with Crippen LogP contribution in [0.3, 0.4) is 0 Å². The van der Waals surface area contributed by atoms with Crippen molar-refractivity contribution < 1.29 is 14.3 Å². The lowest BCUT2D eigenvalue weighted by molar-refractivity contribution is -0.116. The SMILES string of the molecule is CCc1nn(-c2ccc(OC)cc2)c(Oc2ccccc2C)c1CCC(=O)Nc1ccc(C)cc1. The Balaban J connectivity index is 1.66. The largest absolute Gasteiger partial charge is 0.497 e. The molecule has 0 fully saturated rings. The molecule has 6 nitrogen and oxygen atoms in total. The molecule has 0 bridgehead atoms. The molecule has 6 heteroatoms. The molecule has 4 aromatic rings. The standard InChI is InChI=1S/C29H31N3O3/c1-5-26-25(18-19-28(33)30-22-12-10-20(2)11-13-22)29(35-27-9-7-6-8-21(27)3)32(31-26)23-14-16-24(34-4)17-15-23/h6-17H,5,18-19H2,1-4H3,(H,30,33). The number of anilines is 1. The number of methoxy groups -OCH3 is 1. The number of para-hydroxylation sites is 1. The van der Waals surface area contributed by atoms with Crippen molar-refractivity contribution in [3.8, 4) is 23.1 Å². The molecule has 1 heterocycles. The second-order valence-electron chi connectivity index (χ2n) is 8.48. The second kappa shape index (κ2) is 10.9. The van der Waals surface area contributed by atoms with E-state index >= 15 is 0 Å². The van der Waals surface area contributed by atoms with Crippen molar-refractivity contribution in [2.45, 2.75) is 40.0 Å². The third kappa shape index (κ3) is 5.72. The number of amides is 1. The van der Waals surface area contributed by atoms with Crippen LogP contribution in [0.4, 0.5) is 5.69 Å². The highest BCUT2D eigenvalue weighted by atomic mass is 16.5. The molecule has 0 aliphatic rings. The number of hydrogen-bond acceptors (Lipinski definition) is 4. The van der Waals surface area contributed by atoms with Crippen LogP contribution < -0.4 is 14.8 Å². The maximum atomic E-state index is 12.7. The quantitative estimate of drug-likeness (QED) is 0.307. The summed E-state index contributed by atoms with van der Waals surface area (Å²) in [5.74, 6) is 2.11. The van der Waals surface area contributed by atoms with Crippen molar-refractivity contribution in [1.29, 1.82) is 0 Å². The van der Waals surface area contributed by atoms with Gasteiger partial charge in [-0.05, 0) is 74.7 Å². The van der Waals surface area contributed by atoms with E-state index in [0.29, 0.717) is 18.7 Å². The Morgan fingerprint density at radius 3 is 2.34 bits per heavy atom. The van der Waals surface area contributed by atoms with E-state index in [1.165, 1.54) is 0 Å². The third-order valence-electron chi connectivity index (χ3n) is 5.91. The summed E-state index contributed by atoms with van der Waals surface area (Å²) in [6.07, 6.45) is 1.56. The Morgan fingerprint density at radius 1 is 0.971 bits per heavy atom. The van der Waals surface area contributed by atoms with E-state index in [0.717, 1.165) is 51.7 Å². The molecule has 0 spiro atoms. The molecule has 180 valence electrons. The van der Waals surface area contributed by atoms with Gasteiger partial charge in [0.25, 0.3) is 0 Å². The summed E-state index contributed by atoms with van der Waals surface area (Å²) < 4.78 is 13.6. The highest BCUT2D eigenvalue weighted by Gasteiger charge is 2.22. The number of rotatable bonds is 9. The molecule has 1 amide bonds. The van der Waals surface area contributed by atoms with Gasteiger partial charge in [-0.1, -0.05) is 42.8 Å². The fourth-order valence-corrected chi connectivity index (χ4v) is 3.89. The van der Waals surface area contributed by atoms with Gasteiger partial charge in [0, 0.05) is 17.7 Å². The summed E-state index contributed by atoms with van der Waals surface area (Å²) in [6, 6.07) is 23.4. The lowest BCUT2D eigenvalue weighted by atomic mass is 10.1. The zero-order valence-electron chi connectivity index (χ0n) is 20.7. The van der Waals surface area contributed by atoms with Crippen LogP contribution in [0.15, 0.2) is 72.8 Å². The molecule has 0 aliphatic heterocycles. The third-order valence-corrected chi connectivity index (χ3v) is 5.91. The van der Waals surface area contributed by atoms with Gasteiger partial charge >= 0.3 is 0 Å². The molecule has 4 rings (SSSR count). The van der Waals surface area contributed by atoms with E-state index in [4.69, 9.17) is 14.6 Å². The molecule has 0 atom stereocenters. The van der Waals surface area contributed by atoms with E-state index in [-0.39, 0.29) is 5.91 Å². The van der Waals surface area contributed by atoms with Gasteiger partial charge in [-0.15, -0.1) is 0 Å². The van der Waals surface area contributed by atoms with Gasteiger partial charge in [0.05, 0.1) is 18.5 Å². The van der Waals surface area contributed by atoms with Gasteiger partial charge in [-0.3, -0.25) is 4.79 Å². The Labute approximate surface area is 206 Å². The van der Waals surface area contributed by atoms with Crippen LogP contribution >= 0.6 is 0 Å². The first-order valence-corrected chi connectivity index (χ1v) is 11.8.